The second-order valence-electron chi connectivity index (χ2n) is 6.55. The molecule has 0 aliphatic carbocycles. The van der Waals surface area contributed by atoms with Crippen LogP contribution >= 0.6 is 0 Å². The predicted octanol–water partition coefficient (Wildman–Crippen LogP) is 5.67. The lowest BCUT2D eigenvalue weighted by Gasteiger charge is -2.20. The molecule has 0 aromatic heterocycles. The number of aromatic hydroxyl groups is 1. The minimum Gasteiger partial charge on any atom is -0.507 e. The van der Waals surface area contributed by atoms with Crippen molar-refractivity contribution in [3.05, 3.63) is 103 Å². The zero-order valence-electron chi connectivity index (χ0n) is 16.1. The Morgan fingerprint density at radius 3 is 2.04 bits per heavy atom. The van der Waals surface area contributed by atoms with Crippen LogP contribution in [0.15, 0.2) is 74.9 Å². The van der Waals surface area contributed by atoms with Crippen molar-refractivity contribution >= 4 is 5.97 Å². The number of carboxylic acids is 1. The van der Waals surface area contributed by atoms with Gasteiger partial charge in [-0.2, -0.15) is 0 Å². The van der Waals surface area contributed by atoms with Crippen molar-refractivity contribution < 1.29 is 15.0 Å². The smallest absolute Gasteiger partial charge is 0.336 e. The van der Waals surface area contributed by atoms with Gasteiger partial charge in [0.15, 0.2) is 0 Å². The van der Waals surface area contributed by atoms with Gasteiger partial charge in [0.25, 0.3) is 0 Å². The van der Waals surface area contributed by atoms with Crippen LogP contribution in [0.25, 0.3) is 11.1 Å². The van der Waals surface area contributed by atoms with Crippen molar-refractivity contribution in [2.24, 2.45) is 0 Å². The third kappa shape index (κ3) is 4.32. The van der Waals surface area contributed by atoms with E-state index in [1.54, 1.807) is 18.2 Å². The largest absolute Gasteiger partial charge is 0.507 e. The van der Waals surface area contributed by atoms with Crippen LogP contribution in [0.3, 0.4) is 0 Å². The van der Waals surface area contributed by atoms with Gasteiger partial charge in [-0.05, 0) is 54.0 Å². The molecule has 0 saturated heterocycles. The Bertz CT molecular complexity index is 935. The number of rotatable bonds is 10. The fourth-order valence-corrected chi connectivity index (χ4v) is 3.43. The van der Waals surface area contributed by atoms with Gasteiger partial charge in [-0.3, -0.25) is 0 Å². The van der Waals surface area contributed by atoms with E-state index in [-0.39, 0.29) is 11.3 Å². The van der Waals surface area contributed by atoms with Crippen molar-refractivity contribution in [1.29, 1.82) is 0 Å². The minimum atomic E-state index is -1.04. The molecule has 0 saturated carbocycles. The molecule has 0 atom stereocenters. The molecule has 2 aromatic carbocycles. The topological polar surface area (TPSA) is 57.5 Å². The van der Waals surface area contributed by atoms with E-state index >= 15 is 0 Å². The highest BCUT2D eigenvalue weighted by molar-refractivity contribution is 5.99. The van der Waals surface area contributed by atoms with Gasteiger partial charge < -0.3 is 10.2 Å². The van der Waals surface area contributed by atoms with Gasteiger partial charge >= 0.3 is 5.97 Å². The van der Waals surface area contributed by atoms with E-state index in [1.165, 1.54) is 6.07 Å². The minimum absolute atomic E-state index is 0.0968. The van der Waals surface area contributed by atoms with Crippen LogP contribution in [0.2, 0.25) is 0 Å². The van der Waals surface area contributed by atoms with E-state index in [0.717, 1.165) is 23.1 Å². The van der Waals surface area contributed by atoms with Crippen molar-refractivity contribution in [3.63, 3.8) is 0 Å². The number of aromatic carboxylic acids is 1. The van der Waals surface area contributed by atoms with E-state index in [2.05, 4.69) is 26.3 Å². The lowest BCUT2D eigenvalue weighted by molar-refractivity contribution is 0.0697. The Morgan fingerprint density at radius 2 is 1.46 bits per heavy atom. The number of benzene rings is 2. The first-order valence-corrected chi connectivity index (χ1v) is 9.15. The molecule has 2 rings (SSSR count). The van der Waals surface area contributed by atoms with Gasteiger partial charge in [0.2, 0.25) is 0 Å². The van der Waals surface area contributed by atoms with Gasteiger partial charge in [0.05, 0.1) is 5.56 Å². The molecule has 0 spiro atoms. The van der Waals surface area contributed by atoms with Crippen LogP contribution in [-0.2, 0) is 25.7 Å². The first-order chi connectivity index (χ1) is 13.5. The third-order valence-corrected chi connectivity index (χ3v) is 4.61. The number of allylic oxidation sites excluding steroid dienone is 4. The highest BCUT2D eigenvalue weighted by Crippen LogP contribution is 2.39. The molecular formula is C25H26O3. The average Bonchev–Trinajstić information content (AvgIpc) is 2.66. The van der Waals surface area contributed by atoms with Gasteiger partial charge in [-0.1, -0.05) is 42.5 Å². The van der Waals surface area contributed by atoms with E-state index in [0.29, 0.717) is 36.0 Å². The normalized spacial score (nSPS) is 10.3. The van der Waals surface area contributed by atoms with Crippen LogP contribution in [0.1, 0.15) is 32.6 Å². The average molecular weight is 374 g/mol. The Morgan fingerprint density at radius 1 is 0.857 bits per heavy atom. The summed E-state index contributed by atoms with van der Waals surface area (Å²) in [6.07, 6.45) is 8.97. The summed E-state index contributed by atoms with van der Waals surface area (Å²) in [5.41, 5.74) is 4.62. The summed E-state index contributed by atoms with van der Waals surface area (Å²) in [5, 5.41) is 20.7. The third-order valence-electron chi connectivity index (χ3n) is 4.61. The van der Waals surface area contributed by atoms with Crippen molar-refractivity contribution in [2.75, 3.05) is 0 Å². The fraction of sp³-hybridized carbons (Fsp3) is 0.160. The van der Waals surface area contributed by atoms with Gasteiger partial charge in [0.1, 0.15) is 5.75 Å². The highest BCUT2D eigenvalue weighted by atomic mass is 16.4. The van der Waals surface area contributed by atoms with Gasteiger partial charge in [-0.15, -0.1) is 26.3 Å². The van der Waals surface area contributed by atoms with Crippen molar-refractivity contribution in [3.8, 4) is 16.9 Å². The molecule has 144 valence electrons. The van der Waals surface area contributed by atoms with Crippen LogP contribution in [0.5, 0.6) is 5.75 Å². The molecule has 2 N–H and O–H groups in total. The van der Waals surface area contributed by atoms with Crippen molar-refractivity contribution in [2.45, 2.75) is 25.7 Å². The number of phenols is 1. The van der Waals surface area contributed by atoms with E-state index < -0.39 is 5.97 Å². The van der Waals surface area contributed by atoms with Crippen LogP contribution in [0.4, 0.5) is 0 Å². The first-order valence-electron chi connectivity index (χ1n) is 9.15. The molecule has 0 amide bonds. The number of hydrogen-bond acceptors (Lipinski definition) is 2. The quantitative estimate of drug-likeness (QED) is 0.527. The summed E-state index contributed by atoms with van der Waals surface area (Å²) >= 11 is 0. The SMILES string of the molecule is C=CCc1ccc(-c2c(C(=O)O)cc(CC=C)c(O)c2CC=C)c(CC=C)c1. The molecule has 0 bridgehead atoms. The fourth-order valence-electron chi connectivity index (χ4n) is 3.43. The maximum Gasteiger partial charge on any atom is 0.336 e. The Hall–Kier alpha value is -3.33. The summed E-state index contributed by atoms with van der Waals surface area (Å²) < 4.78 is 0. The Kier molecular flexibility index (Phi) is 7.16. The molecule has 0 heterocycles. The molecule has 3 heteroatoms. The van der Waals surface area contributed by atoms with E-state index in [4.69, 9.17) is 0 Å². The molecule has 3 nitrogen and oxygen atoms in total. The zero-order chi connectivity index (χ0) is 20.7. The van der Waals surface area contributed by atoms with Crippen LogP contribution in [-0.4, -0.2) is 16.2 Å². The summed E-state index contributed by atoms with van der Waals surface area (Å²) in [5.74, 6) is -0.940. The second kappa shape index (κ2) is 9.56. The molecule has 2 aromatic rings. The Balaban J connectivity index is 2.89. The molecule has 0 aliphatic rings. The van der Waals surface area contributed by atoms with Gasteiger partial charge in [0, 0.05) is 11.1 Å². The van der Waals surface area contributed by atoms with E-state index in [1.807, 2.05) is 24.3 Å². The van der Waals surface area contributed by atoms with Crippen LogP contribution < -0.4 is 0 Å². The second-order valence-corrected chi connectivity index (χ2v) is 6.55. The summed E-state index contributed by atoms with van der Waals surface area (Å²) in [4.78, 5) is 12.1. The first kappa shape index (κ1) is 21.0. The number of carbonyl (C=O) groups is 1. The summed E-state index contributed by atoms with van der Waals surface area (Å²) in [7, 11) is 0. The molecule has 0 aliphatic heterocycles. The Labute approximate surface area is 166 Å². The highest BCUT2D eigenvalue weighted by Gasteiger charge is 2.23. The van der Waals surface area contributed by atoms with Crippen molar-refractivity contribution in [1.82, 2.24) is 0 Å². The lowest BCUT2D eigenvalue weighted by Crippen LogP contribution is -2.07. The number of phenolic OH excluding ortho intramolecular Hbond substituents is 1. The molecule has 28 heavy (non-hydrogen) atoms. The van der Waals surface area contributed by atoms with Gasteiger partial charge in [-0.25, -0.2) is 4.79 Å². The molecule has 0 fully saturated rings. The zero-order valence-corrected chi connectivity index (χ0v) is 16.1. The number of hydrogen-bond donors (Lipinski definition) is 2. The number of carboxylic acid groups (broad SMARTS) is 1. The van der Waals surface area contributed by atoms with E-state index in [9.17, 15) is 15.0 Å². The molecule has 0 unspecified atom stereocenters. The maximum absolute atomic E-state index is 12.1. The standard InChI is InChI=1S/C25H26O3/c1-5-9-17-13-14-20(18(15-17)10-6-2)23-21(12-8-4)24(26)19(11-7-3)16-22(23)25(27)28/h5-8,13-16,26H,1-4,9-12H2,(H,27,28). The van der Waals surface area contributed by atoms with Crippen LogP contribution in [0, 0.1) is 0 Å². The summed E-state index contributed by atoms with van der Waals surface area (Å²) in [6.45, 7) is 15.1. The predicted molar refractivity (Wildman–Crippen MR) is 116 cm³/mol. The summed E-state index contributed by atoms with van der Waals surface area (Å²) in [6, 6.07) is 7.45. The molecular weight excluding hydrogens is 348 g/mol. The maximum atomic E-state index is 12.1. The molecule has 0 radical (unpaired) electrons. The lowest BCUT2D eigenvalue weighted by atomic mass is 9.85. The monoisotopic (exact) mass is 374 g/mol.